The Balaban J connectivity index is 0.00000182. The standard InChI is InChI=1S/C21H33N3O.2ClH/c1-15(2)24(3)14-18-10-5-4-9-17(18)13-22-21(25)20-12-16-8-6-7-11-19(16)23-20;;/h4-5,9-10,15-16,19-20,23H,6-8,11-14H2,1-3H3,(H,22,25);2*1H. The number of nitrogens with one attached hydrogen (secondary N) is 2. The van der Waals surface area contributed by atoms with Crippen molar-refractivity contribution in [2.24, 2.45) is 5.92 Å². The summed E-state index contributed by atoms with van der Waals surface area (Å²) in [5.41, 5.74) is 2.52. The van der Waals surface area contributed by atoms with Crippen LogP contribution in [0.1, 0.15) is 57.1 Å². The van der Waals surface area contributed by atoms with E-state index in [0.29, 0.717) is 24.5 Å². The van der Waals surface area contributed by atoms with Crippen molar-refractivity contribution >= 4 is 30.7 Å². The van der Waals surface area contributed by atoms with Crippen LogP contribution in [0.5, 0.6) is 0 Å². The molecular weight excluding hydrogens is 381 g/mol. The molecule has 4 nitrogen and oxygen atoms in total. The van der Waals surface area contributed by atoms with Crippen LogP contribution in [0.4, 0.5) is 0 Å². The zero-order chi connectivity index (χ0) is 17.8. The van der Waals surface area contributed by atoms with Crippen LogP contribution < -0.4 is 10.6 Å². The van der Waals surface area contributed by atoms with Crippen LogP contribution in [0, 0.1) is 5.92 Å². The number of amides is 1. The van der Waals surface area contributed by atoms with Crippen LogP contribution in [-0.4, -0.2) is 36.0 Å². The van der Waals surface area contributed by atoms with Gasteiger partial charge in [0.15, 0.2) is 0 Å². The number of carbonyl (C=O) groups excluding carboxylic acids is 1. The molecule has 1 saturated heterocycles. The summed E-state index contributed by atoms with van der Waals surface area (Å²) in [6, 6.07) is 9.51. The van der Waals surface area contributed by atoms with Gasteiger partial charge < -0.3 is 10.6 Å². The maximum atomic E-state index is 12.6. The van der Waals surface area contributed by atoms with Crippen molar-refractivity contribution in [2.75, 3.05) is 7.05 Å². The molecule has 1 heterocycles. The smallest absolute Gasteiger partial charge is 0.237 e. The molecule has 3 rings (SSSR count). The predicted octanol–water partition coefficient (Wildman–Crippen LogP) is 3.91. The maximum Gasteiger partial charge on any atom is 0.237 e. The molecule has 3 atom stereocenters. The van der Waals surface area contributed by atoms with Crippen LogP contribution >= 0.6 is 24.8 Å². The van der Waals surface area contributed by atoms with Crippen molar-refractivity contribution in [1.82, 2.24) is 15.5 Å². The molecule has 27 heavy (non-hydrogen) atoms. The van der Waals surface area contributed by atoms with Crippen LogP contribution in [-0.2, 0) is 17.9 Å². The molecule has 1 amide bonds. The molecule has 1 aromatic carbocycles. The molecule has 2 aliphatic rings. The highest BCUT2D eigenvalue weighted by Gasteiger charge is 2.38. The quantitative estimate of drug-likeness (QED) is 0.739. The molecule has 6 heteroatoms. The summed E-state index contributed by atoms with van der Waals surface area (Å²) in [4.78, 5) is 14.9. The number of halogens is 2. The molecule has 2 fully saturated rings. The molecule has 0 bridgehead atoms. The third-order valence-electron chi connectivity index (χ3n) is 6.05. The highest BCUT2D eigenvalue weighted by atomic mass is 35.5. The Bertz CT molecular complexity index is 583. The lowest BCUT2D eigenvalue weighted by molar-refractivity contribution is -0.123. The van der Waals surface area contributed by atoms with Crippen LogP contribution in [0.25, 0.3) is 0 Å². The Morgan fingerprint density at radius 3 is 2.52 bits per heavy atom. The van der Waals surface area contributed by atoms with Gasteiger partial charge in [0, 0.05) is 25.2 Å². The number of rotatable bonds is 6. The van der Waals surface area contributed by atoms with Gasteiger partial charge in [0.05, 0.1) is 6.04 Å². The van der Waals surface area contributed by atoms with E-state index >= 15 is 0 Å². The summed E-state index contributed by atoms with van der Waals surface area (Å²) in [6.45, 7) is 5.94. The molecule has 1 aliphatic carbocycles. The molecular formula is C21H35Cl2N3O. The Labute approximate surface area is 176 Å². The fourth-order valence-corrected chi connectivity index (χ4v) is 4.16. The van der Waals surface area contributed by atoms with Crippen molar-refractivity contribution in [1.29, 1.82) is 0 Å². The van der Waals surface area contributed by atoms with Gasteiger partial charge in [0.1, 0.15) is 0 Å². The van der Waals surface area contributed by atoms with E-state index in [4.69, 9.17) is 0 Å². The second-order valence-electron chi connectivity index (χ2n) is 8.10. The average molecular weight is 416 g/mol. The van der Waals surface area contributed by atoms with Crippen molar-refractivity contribution in [3.05, 3.63) is 35.4 Å². The first kappa shape index (κ1) is 24.2. The zero-order valence-corrected chi connectivity index (χ0v) is 18.4. The van der Waals surface area contributed by atoms with E-state index in [1.54, 1.807) is 0 Å². The normalized spacial score (nSPS) is 24.1. The maximum absolute atomic E-state index is 12.6. The van der Waals surface area contributed by atoms with E-state index in [9.17, 15) is 4.79 Å². The number of nitrogens with zero attached hydrogens (tertiary/aromatic N) is 1. The summed E-state index contributed by atoms with van der Waals surface area (Å²) in [5, 5.41) is 6.74. The summed E-state index contributed by atoms with van der Waals surface area (Å²) in [6.07, 6.45) is 6.16. The van der Waals surface area contributed by atoms with Crippen molar-refractivity contribution < 1.29 is 4.79 Å². The number of carbonyl (C=O) groups is 1. The van der Waals surface area contributed by atoms with Crippen LogP contribution in [0.2, 0.25) is 0 Å². The van der Waals surface area contributed by atoms with Crippen molar-refractivity contribution in [3.63, 3.8) is 0 Å². The number of hydrogen-bond acceptors (Lipinski definition) is 3. The van der Waals surface area contributed by atoms with E-state index in [1.165, 1.54) is 36.8 Å². The van der Waals surface area contributed by atoms with Gasteiger partial charge in [-0.15, -0.1) is 24.8 Å². The zero-order valence-electron chi connectivity index (χ0n) is 16.7. The summed E-state index contributed by atoms with van der Waals surface area (Å²) >= 11 is 0. The second kappa shape index (κ2) is 11.3. The lowest BCUT2D eigenvalue weighted by Gasteiger charge is -2.24. The van der Waals surface area contributed by atoms with E-state index in [1.807, 2.05) is 0 Å². The molecule has 154 valence electrons. The predicted molar refractivity (Wildman–Crippen MR) is 117 cm³/mol. The lowest BCUT2D eigenvalue weighted by Crippen LogP contribution is -2.43. The number of hydrogen-bond donors (Lipinski definition) is 2. The summed E-state index contributed by atoms with van der Waals surface area (Å²) < 4.78 is 0. The molecule has 0 spiro atoms. The van der Waals surface area contributed by atoms with Gasteiger partial charge in [-0.2, -0.15) is 0 Å². The number of benzene rings is 1. The average Bonchev–Trinajstić information content (AvgIpc) is 3.05. The van der Waals surface area contributed by atoms with E-state index in [-0.39, 0.29) is 36.8 Å². The molecule has 1 aromatic rings. The Hall–Kier alpha value is -0.810. The third-order valence-corrected chi connectivity index (χ3v) is 6.05. The minimum Gasteiger partial charge on any atom is -0.351 e. The minimum atomic E-state index is -0.00130. The van der Waals surface area contributed by atoms with E-state index in [0.717, 1.165) is 13.0 Å². The summed E-state index contributed by atoms with van der Waals surface area (Å²) in [7, 11) is 2.14. The largest absolute Gasteiger partial charge is 0.351 e. The minimum absolute atomic E-state index is 0. The summed E-state index contributed by atoms with van der Waals surface area (Å²) in [5.74, 6) is 0.873. The fraction of sp³-hybridized carbons (Fsp3) is 0.667. The van der Waals surface area contributed by atoms with Gasteiger partial charge in [0.2, 0.25) is 5.91 Å². The molecule has 0 aromatic heterocycles. The highest BCUT2D eigenvalue weighted by molar-refractivity contribution is 5.85. The molecule has 3 unspecified atom stereocenters. The van der Waals surface area contributed by atoms with Gasteiger partial charge in [-0.1, -0.05) is 37.1 Å². The Morgan fingerprint density at radius 2 is 1.85 bits per heavy atom. The fourth-order valence-electron chi connectivity index (χ4n) is 4.16. The van der Waals surface area contributed by atoms with Gasteiger partial charge in [-0.3, -0.25) is 9.69 Å². The van der Waals surface area contributed by atoms with E-state index in [2.05, 4.69) is 60.7 Å². The van der Waals surface area contributed by atoms with E-state index < -0.39 is 0 Å². The van der Waals surface area contributed by atoms with Gasteiger partial charge in [-0.05, 0) is 57.2 Å². The Morgan fingerprint density at radius 1 is 1.19 bits per heavy atom. The van der Waals surface area contributed by atoms with Crippen LogP contribution in [0.15, 0.2) is 24.3 Å². The molecule has 1 saturated carbocycles. The first-order valence-corrected chi connectivity index (χ1v) is 9.85. The lowest BCUT2D eigenvalue weighted by atomic mass is 9.85. The monoisotopic (exact) mass is 415 g/mol. The van der Waals surface area contributed by atoms with Gasteiger partial charge in [-0.25, -0.2) is 0 Å². The van der Waals surface area contributed by atoms with Gasteiger partial charge in [0.25, 0.3) is 0 Å². The number of fused-ring (bicyclic) bond motifs is 1. The first-order chi connectivity index (χ1) is 12.0. The topological polar surface area (TPSA) is 44.4 Å². The SMILES string of the molecule is CC(C)N(C)Cc1ccccc1CNC(=O)C1CC2CCCCC2N1.Cl.Cl. The van der Waals surface area contributed by atoms with Crippen molar-refractivity contribution in [2.45, 2.75) is 77.2 Å². The second-order valence-corrected chi connectivity index (χ2v) is 8.10. The first-order valence-electron chi connectivity index (χ1n) is 9.85. The molecule has 0 radical (unpaired) electrons. The van der Waals surface area contributed by atoms with Gasteiger partial charge >= 0.3 is 0 Å². The molecule has 1 aliphatic heterocycles. The van der Waals surface area contributed by atoms with Crippen LogP contribution in [0.3, 0.4) is 0 Å². The Kier molecular flexibility index (Phi) is 10.1. The third kappa shape index (κ3) is 6.35. The van der Waals surface area contributed by atoms with Crippen molar-refractivity contribution in [3.8, 4) is 0 Å². The highest BCUT2D eigenvalue weighted by Crippen LogP contribution is 2.33. The molecule has 2 N–H and O–H groups in total.